The van der Waals surface area contributed by atoms with Crippen LogP contribution in [0.2, 0.25) is 0 Å². The van der Waals surface area contributed by atoms with Gasteiger partial charge in [-0.25, -0.2) is 4.98 Å². The van der Waals surface area contributed by atoms with Crippen LogP contribution in [-0.2, 0) is 11.3 Å². The maximum atomic E-state index is 5.49. The van der Waals surface area contributed by atoms with Gasteiger partial charge in [0.15, 0.2) is 0 Å². The normalized spacial score (nSPS) is 17.5. The highest BCUT2D eigenvalue weighted by atomic mass is 16.5. The van der Waals surface area contributed by atoms with Crippen molar-refractivity contribution in [1.29, 1.82) is 0 Å². The smallest absolute Gasteiger partial charge is 0.224 e. The Labute approximate surface area is 136 Å². The maximum Gasteiger partial charge on any atom is 0.224 e. The summed E-state index contributed by atoms with van der Waals surface area (Å²) in [7, 11) is 3.85. The van der Waals surface area contributed by atoms with Gasteiger partial charge >= 0.3 is 0 Å². The Hall–Kier alpha value is -2.15. The van der Waals surface area contributed by atoms with E-state index in [1.54, 1.807) is 0 Å². The van der Waals surface area contributed by atoms with E-state index in [1.807, 2.05) is 27.9 Å². The molecule has 124 valence electrons. The summed E-state index contributed by atoms with van der Waals surface area (Å²) in [5, 5.41) is 7.06. The average molecular weight is 317 g/mol. The lowest BCUT2D eigenvalue weighted by Crippen LogP contribution is -2.20. The molecule has 0 bridgehead atoms. The van der Waals surface area contributed by atoms with Crippen molar-refractivity contribution in [2.75, 3.05) is 37.5 Å². The van der Waals surface area contributed by atoms with Crippen LogP contribution in [0.25, 0.3) is 0 Å². The number of aryl methyl sites for hydroxylation is 2. The largest absolute Gasteiger partial charge is 0.381 e. The summed E-state index contributed by atoms with van der Waals surface area (Å²) in [6.45, 7) is 6.12. The number of nitrogens with one attached hydrogen (secondary N) is 1. The van der Waals surface area contributed by atoms with Crippen molar-refractivity contribution >= 4 is 11.8 Å². The fraction of sp³-hybridized carbons (Fsp3) is 0.562. The summed E-state index contributed by atoms with van der Waals surface area (Å²) < 4.78 is 10.7. The number of anilines is 2. The van der Waals surface area contributed by atoms with Gasteiger partial charge in [0, 0.05) is 44.8 Å². The second-order valence-electron chi connectivity index (χ2n) is 5.94. The molecule has 0 spiro atoms. The molecule has 0 aromatic carbocycles. The van der Waals surface area contributed by atoms with Crippen molar-refractivity contribution in [2.24, 2.45) is 0 Å². The van der Waals surface area contributed by atoms with Gasteiger partial charge in [0.1, 0.15) is 11.6 Å². The zero-order valence-electron chi connectivity index (χ0n) is 14.1. The standard InChI is InChI=1S/C16H23N5O2/c1-10-13(11(2)23-20-10)8-21(4)15-7-14(12-5-6-22-9-12)18-16(17-3)19-15/h7,12H,5-6,8-9H2,1-4H3,(H,17,18,19)/t12-/m1/s1. The lowest BCUT2D eigenvalue weighted by atomic mass is 10.0. The Kier molecular flexibility index (Phi) is 4.47. The van der Waals surface area contributed by atoms with E-state index in [4.69, 9.17) is 9.26 Å². The second kappa shape index (κ2) is 6.54. The van der Waals surface area contributed by atoms with Gasteiger partial charge in [-0.1, -0.05) is 5.16 Å². The molecule has 23 heavy (non-hydrogen) atoms. The molecule has 7 nitrogen and oxygen atoms in total. The summed E-state index contributed by atoms with van der Waals surface area (Å²) in [6, 6.07) is 2.05. The highest BCUT2D eigenvalue weighted by Gasteiger charge is 2.22. The molecule has 0 amide bonds. The Morgan fingerprint density at radius 1 is 1.35 bits per heavy atom. The first kappa shape index (κ1) is 15.7. The van der Waals surface area contributed by atoms with Crippen LogP contribution in [0.15, 0.2) is 10.6 Å². The van der Waals surface area contributed by atoms with Gasteiger partial charge in [-0.3, -0.25) is 0 Å². The molecule has 1 fully saturated rings. The lowest BCUT2D eigenvalue weighted by Gasteiger charge is -2.20. The van der Waals surface area contributed by atoms with Crippen LogP contribution in [0.1, 0.15) is 35.1 Å². The van der Waals surface area contributed by atoms with Crippen LogP contribution >= 0.6 is 0 Å². The summed E-state index contributed by atoms with van der Waals surface area (Å²) in [4.78, 5) is 11.3. The van der Waals surface area contributed by atoms with Gasteiger partial charge in [0.25, 0.3) is 0 Å². The first-order valence-corrected chi connectivity index (χ1v) is 7.86. The molecule has 2 aromatic rings. The molecule has 3 rings (SSSR count). The van der Waals surface area contributed by atoms with E-state index >= 15 is 0 Å². The quantitative estimate of drug-likeness (QED) is 0.906. The van der Waals surface area contributed by atoms with E-state index in [0.717, 1.165) is 48.2 Å². The minimum absolute atomic E-state index is 0.344. The number of hydrogen-bond donors (Lipinski definition) is 1. The van der Waals surface area contributed by atoms with Gasteiger partial charge in [-0.05, 0) is 20.3 Å². The molecular weight excluding hydrogens is 294 g/mol. The third-order valence-corrected chi connectivity index (χ3v) is 4.27. The van der Waals surface area contributed by atoms with Crippen molar-refractivity contribution in [3.05, 3.63) is 28.8 Å². The minimum atomic E-state index is 0.344. The zero-order valence-corrected chi connectivity index (χ0v) is 14.1. The molecule has 0 unspecified atom stereocenters. The predicted octanol–water partition coefficient (Wildman–Crippen LogP) is 2.26. The van der Waals surface area contributed by atoms with E-state index in [2.05, 4.69) is 31.4 Å². The fourth-order valence-corrected chi connectivity index (χ4v) is 2.78. The number of aromatic nitrogens is 3. The zero-order chi connectivity index (χ0) is 16.4. The second-order valence-corrected chi connectivity index (χ2v) is 5.94. The molecule has 2 aromatic heterocycles. The molecule has 7 heteroatoms. The van der Waals surface area contributed by atoms with Gasteiger partial charge in [0.05, 0.1) is 18.0 Å². The molecule has 0 radical (unpaired) electrons. The summed E-state index contributed by atoms with van der Waals surface area (Å²) in [5.41, 5.74) is 3.05. The van der Waals surface area contributed by atoms with Crippen LogP contribution in [0.5, 0.6) is 0 Å². The molecule has 1 aliphatic rings. The Bertz CT molecular complexity index is 660. The molecule has 1 aliphatic heterocycles. The van der Waals surface area contributed by atoms with Crippen LogP contribution in [0.3, 0.4) is 0 Å². The Balaban J connectivity index is 1.87. The van der Waals surface area contributed by atoms with E-state index < -0.39 is 0 Å². The van der Waals surface area contributed by atoms with Crippen molar-refractivity contribution in [3.8, 4) is 0 Å². The Morgan fingerprint density at radius 3 is 2.78 bits per heavy atom. The molecule has 1 saturated heterocycles. The number of nitrogens with zero attached hydrogens (tertiary/aromatic N) is 4. The lowest BCUT2D eigenvalue weighted by molar-refractivity contribution is 0.193. The maximum absolute atomic E-state index is 5.49. The average Bonchev–Trinajstić information content (AvgIpc) is 3.20. The van der Waals surface area contributed by atoms with E-state index in [1.165, 1.54) is 0 Å². The SMILES string of the molecule is CNc1nc([C@@H]2CCOC2)cc(N(C)Cc2c(C)noc2C)n1. The predicted molar refractivity (Wildman–Crippen MR) is 87.8 cm³/mol. The van der Waals surface area contributed by atoms with Crippen molar-refractivity contribution < 1.29 is 9.26 Å². The number of hydrogen-bond acceptors (Lipinski definition) is 7. The van der Waals surface area contributed by atoms with Crippen molar-refractivity contribution in [2.45, 2.75) is 32.7 Å². The van der Waals surface area contributed by atoms with Crippen LogP contribution in [0.4, 0.5) is 11.8 Å². The van der Waals surface area contributed by atoms with E-state index in [0.29, 0.717) is 18.4 Å². The number of rotatable bonds is 5. The van der Waals surface area contributed by atoms with Gasteiger partial charge in [0.2, 0.25) is 5.95 Å². The topological polar surface area (TPSA) is 76.3 Å². The Morgan fingerprint density at radius 2 is 2.17 bits per heavy atom. The van der Waals surface area contributed by atoms with Crippen LogP contribution in [0, 0.1) is 13.8 Å². The minimum Gasteiger partial charge on any atom is -0.381 e. The van der Waals surface area contributed by atoms with Crippen molar-refractivity contribution in [1.82, 2.24) is 15.1 Å². The van der Waals surface area contributed by atoms with Crippen molar-refractivity contribution in [3.63, 3.8) is 0 Å². The van der Waals surface area contributed by atoms with E-state index in [-0.39, 0.29) is 0 Å². The summed E-state index contributed by atoms with van der Waals surface area (Å²) in [5.74, 6) is 2.71. The molecule has 1 atom stereocenters. The highest BCUT2D eigenvalue weighted by molar-refractivity contribution is 5.46. The van der Waals surface area contributed by atoms with Gasteiger partial charge < -0.3 is 19.5 Å². The van der Waals surface area contributed by atoms with Gasteiger partial charge in [-0.2, -0.15) is 4.98 Å². The highest BCUT2D eigenvalue weighted by Crippen LogP contribution is 2.27. The van der Waals surface area contributed by atoms with Gasteiger partial charge in [-0.15, -0.1) is 0 Å². The molecule has 0 saturated carbocycles. The third kappa shape index (κ3) is 3.29. The van der Waals surface area contributed by atoms with Crippen LogP contribution < -0.4 is 10.2 Å². The first-order valence-electron chi connectivity index (χ1n) is 7.86. The number of ether oxygens (including phenoxy) is 1. The monoisotopic (exact) mass is 317 g/mol. The summed E-state index contributed by atoms with van der Waals surface area (Å²) >= 11 is 0. The molecule has 0 aliphatic carbocycles. The molecular formula is C16H23N5O2. The van der Waals surface area contributed by atoms with Crippen LogP contribution in [-0.4, -0.2) is 42.4 Å². The van der Waals surface area contributed by atoms with E-state index in [9.17, 15) is 0 Å². The molecule has 1 N–H and O–H groups in total. The fourth-order valence-electron chi connectivity index (χ4n) is 2.78. The first-order chi connectivity index (χ1) is 11.1. The molecule has 3 heterocycles. The third-order valence-electron chi connectivity index (χ3n) is 4.27. The summed E-state index contributed by atoms with van der Waals surface area (Å²) in [6.07, 6.45) is 1.01.